The second kappa shape index (κ2) is 3.15. The summed E-state index contributed by atoms with van der Waals surface area (Å²) in [7, 11) is 0. The summed E-state index contributed by atoms with van der Waals surface area (Å²) in [6.07, 6.45) is 1.41. The Balaban J connectivity index is 3.10. The molecule has 0 saturated heterocycles. The van der Waals surface area contributed by atoms with Crippen LogP contribution >= 0.6 is 0 Å². The van der Waals surface area contributed by atoms with Crippen LogP contribution in [0.25, 0.3) is 0 Å². The van der Waals surface area contributed by atoms with E-state index < -0.39 is 11.9 Å². The molecule has 0 fully saturated rings. The van der Waals surface area contributed by atoms with Gasteiger partial charge in [-0.05, 0) is 6.92 Å². The largest absolute Gasteiger partial charge is 0.396 e. The maximum Gasteiger partial charge on any atom is 0.271 e. The normalized spacial score (nSPS) is 12.0. The molecule has 1 unspecified atom stereocenters. The van der Waals surface area contributed by atoms with Crippen LogP contribution in [0.5, 0.6) is 0 Å². The number of aromatic nitrogens is 2. The molecule has 6 heteroatoms. The number of hydrogen-bond acceptors (Lipinski definition) is 4. The van der Waals surface area contributed by atoms with Gasteiger partial charge in [0, 0.05) is 0 Å². The van der Waals surface area contributed by atoms with Gasteiger partial charge in [-0.2, -0.15) is 10.4 Å². The molecule has 1 atom stereocenters. The number of nitrogen functional groups attached to an aromatic ring is 1. The first-order chi connectivity index (χ1) is 6.06. The van der Waals surface area contributed by atoms with Crippen LogP contribution in [-0.4, -0.2) is 15.7 Å². The van der Waals surface area contributed by atoms with Crippen LogP contribution in [0.4, 0.5) is 5.69 Å². The fraction of sp³-hybridized carbons (Fsp3) is 0.286. The van der Waals surface area contributed by atoms with Crippen molar-refractivity contribution in [1.82, 2.24) is 9.78 Å². The Hall–Kier alpha value is -2.03. The maximum absolute atomic E-state index is 10.7. The molecule has 68 valence electrons. The molecule has 13 heavy (non-hydrogen) atoms. The van der Waals surface area contributed by atoms with Gasteiger partial charge in [-0.15, -0.1) is 0 Å². The van der Waals surface area contributed by atoms with Crippen molar-refractivity contribution in [3.8, 4) is 6.07 Å². The van der Waals surface area contributed by atoms with Gasteiger partial charge >= 0.3 is 0 Å². The van der Waals surface area contributed by atoms with E-state index in [-0.39, 0.29) is 11.4 Å². The van der Waals surface area contributed by atoms with Crippen molar-refractivity contribution in [3.05, 3.63) is 11.9 Å². The van der Waals surface area contributed by atoms with E-state index in [2.05, 4.69) is 5.10 Å². The van der Waals surface area contributed by atoms with Gasteiger partial charge in [0.25, 0.3) is 5.91 Å². The van der Waals surface area contributed by atoms with E-state index in [1.807, 2.05) is 6.07 Å². The number of anilines is 1. The summed E-state index contributed by atoms with van der Waals surface area (Å²) in [6, 6.07) is 1.49. The second-order valence-electron chi connectivity index (χ2n) is 2.58. The zero-order valence-corrected chi connectivity index (χ0v) is 7.06. The van der Waals surface area contributed by atoms with Gasteiger partial charge in [-0.25, -0.2) is 0 Å². The van der Waals surface area contributed by atoms with Crippen LogP contribution < -0.4 is 11.5 Å². The molecule has 1 rings (SSSR count). The zero-order valence-electron chi connectivity index (χ0n) is 7.06. The van der Waals surface area contributed by atoms with E-state index in [0.29, 0.717) is 0 Å². The maximum atomic E-state index is 10.7. The van der Waals surface area contributed by atoms with Crippen LogP contribution in [0.3, 0.4) is 0 Å². The van der Waals surface area contributed by atoms with Gasteiger partial charge in [0.1, 0.15) is 6.04 Å². The molecule has 0 saturated carbocycles. The van der Waals surface area contributed by atoms with Crippen molar-refractivity contribution >= 4 is 11.6 Å². The first kappa shape index (κ1) is 9.06. The Morgan fingerprint density at radius 3 is 2.85 bits per heavy atom. The minimum Gasteiger partial charge on any atom is -0.396 e. The summed E-state index contributed by atoms with van der Waals surface area (Å²) in [5, 5.41) is 12.3. The van der Waals surface area contributed by atoms with Crippen LogP contribution in [0, 0.1) is 11.3 Å². The first-order valence-electron chi connectivity index (χ1n) is 3.60. The highest BCUT2D eigenvalue weighted by Crippen LogP contribution is 2.11. The second-order valence-corrected chi connectivity index (χ2v) is 2.58. The van der Waals surface area contributed by atoms with Gasteiger partial charge in [-0.1, -0.05) is 0 Å². The minimum absolute atomic E-state index is 0.00194. The minimum atomic E-state index is -0.693. The molecular formula is C7H9N5O. The molecule has 1 amide bonds. The van der Waals surface area contributed by atoms with E-state index in [1.54, 1.807) is 6.92 Å². The van der Waals surface area contributed by atoms with Crippen LogP contribution in [0.2, 0.25) is 0 Å². The summed E-state index contributed by atoms with van der Waals surface area (Å²) in [5.74, 6) is -0.693. The smallest absolute Gasteiger partial charge is 0.271 e. The highest BCUT2D eigenvalue weighted by molar-refractivity contribution is 5.95. The molecule has 4 N–H and O–H groups in total. The van der Waals surface area contributed by atoms with Crippen molar-refractivity contribution in [2.75, 3.05) is 5.73 Å². The third kappa shape index (κ3) is 1.59. The average Bonchev–Trinajstić information content (AvgIpc) is 2.46. The van der Waals surface area contributed by atoms with E-state index >= 15 is 0 Å². The average molecular weight is 179 g/mol. The molecule has 1 aromatic rings. The van der Waals surface area contributed by atoms with Crippen molar-refractivity contribution in [2.45, 2.75) is 13.0 Å². The number of hydrogen-bond donors (Lipinski definition) is 2. The molecule has 0 aliphatic carbocycles. The summed E-state index contributed by atoms with van der Waals surface area (Å²) < 4.78 is 1.30. The molecule has 0 aliphatic heterocycles. The Morgan fingerprint density at radius 1 is 1.85 bits per heavy atom. The van der Waals surface area contributed by atoms with E-state index in [4.69, 9.17) is 16.7 Å². The van der Waals surface area contributed by atoms with E-state index in [0.717, 1.165) is 0 Å². The molecule has 1 heterocycles. The molecule has 6 nitrogen and oxygen atoms in total. The highest BCUT2D eigenvalue weighted by Gasteiger charge is 2.13. The predicted octanol–water partition coefficient (Wildman–Crippen LogP) is -0.351. The Bertz CT molecular complexity index is 375. The molecule has 0 spiro atoms. The number of amides is 1. The van der Waals surface area contributed by atoms with E-state index in [9.17, 15) is 4.79 Å². The topological polar surface area (TPSA) is 111 Å². The number of primary amides is 1. The monoisotopic (exact) mass is 179 g/mol. The van der Waals surface area contributed by atoms with Gasteiger partial charge in [-0.3, -0.25) is 9.48 Å². The van der Waals surface area contributed by atoms with Gasteiger partial charge in [0.15, 0.2) is 5.69 Å². The molecule has 0 bridgehead atoms. The molecule has 1 aromatic heterocycles. The fourth-order valence-corrected chi connectivity index (χ4v) is 0.855. The number of nitrogens with zero attached hydrogens (tertiary/aromatic N) is 3. The summed E-state index contributed by atoms with van der Waals surface area (Å²) in [6.45, 7) is 1.64. The Labute approximate surface area is 74.7 Å². The zero-order chi connectivity index (χ0) is 10.0. The summed E-state index contributed by atoms with van der Waals surface area (Å²) in [4.78, 5) is 10.7. The lowest BCUT2D eigenvalue weighted by atomic mass is 10.3. The van der Waals surface area contributed by atoms with Gasteiger partial charge in [0.05, 0.1) is 18.0 Å². The molecule has 0 aliphatic rings. The number of carbonyl (C=O) groups is 1. The third-order valence-corrected chi connectivity index (χ3v) is 1.58. The quantitative estimate of drug-likeness (QED) is 0.646. The Kier molecular flexibility index (Phi) is 2.19. The van der Waals surface area contributed by atoms with Crippen LogP contribution in [0.1, 0.15) is 23.5 Å². The van der Waals surface area contributed by atoms with Crippen molar-refractivity contribution in [1.29, 1.82) is 5.26 Å². The first-order valence-corrected chi connectivity index (χ1v) is 3.60. The van der Waals surface area contributed by atoms with Crippen molar-refractivity contribution in [3.63, 3.8) is 0 Å². The number of rotatable bonds is 2. The number of carbonyl (C=O) groups excluding carboxylic acids is 1. The van der Waals surface area contributed by atoms with Crippen molar-refractivity contribution < 1.29 is 4.79 Å². The standard InChI is InChI=1S/C7H9N5O/c1-4(2-8)12-3-5(9)6(11-12)7(10)13/h3-4H,9H2,1H3,(H2,10,13). The van der Waals surface area contributed by atoms with Crippen molar-refractivity contribution in [2.24, 2.45) is 5.73 Å². The number of nitrogens with two attached hydrogens (primary N) is 2. The summed E-state index contributed by atoms with van der Waals surface area (Å²) >= 11 is 0. The molecular weight excluding hydrogens is 170 g/mol. The van der Waals surface area contributed by atoms with Gasteiger partial charge in [0.2, 0.25) is 0 Å². The predicted molar refractivity (Wildman–Crippen MR) is 45.5 cm³/mol. The van der Waals surface area contributed by atoms with Crippen LogP contribution in [0.15, 0.2) is 6.20 Å². The van der Waals surface area contributed by atoms with Crippen LogP contribution in [-0.2, 0) is 0 Å². The fourth-order valence-electron chi connectivity index (χ4n) is 0.855. The lowest BCUT2D eigenvalue weighted by Crippen LogP contribution is -2.14. The Morgan fingerprint density at radius 2 is 2.46 bits per heavy atom. The number of nitriles is 1. The van der Waals surface area contributed by atoms with E-state index in [1.165, 1.54) is 10.9 Å². The lowest BCUT2D eigenvalue weighted by molar-refractivity contribution is 0.0995. The lowest BCUT2D eigenvalue weighted by Gasteiger charge is -1.99. The molecule has 0 aromatic carbocycles. The molecule has 0 radical (unpaired) electrons. The highest BCUT2D eigenvalue weighted by atomic mass is 16.1. The van der Waals surface area contributed by atoms with Gasteiger partial charge < -0.3 is 11.5 Å². The SMILES string of the molecule is CC(C#N)n1cc(N)c(C(N)=O)n1. The summed E-state index contributed by atoms with van der Waals surface area (Å²) in [5.41, 5.74) is 10.6. The third-order valence-electron chi connectivity index (χ3n) is 1.58.